The van der Waals surface area contributed by atoms with Gasteiger partial charge in [-0.05, 0) is 48.6 Å². The fraction of sp³-hybridized carbons (Fsp3) is 0.650. The third-order valence-electron chi connectivity index (χ3n) is 5.50. The van der Waals surface area contributed by atoms with E-state index in [1.807, 2.05) is 9.25 Å². The molecule has 4 heterocycles. The van der Waals surface area contributed by atoms with E-state index in [9.17, 15) is 4.79 Å². The minimum atomic E-state index is 0.0461. The van der Waals surface area contributed by atoms with Crippen molar-refractivity contribution in [3.63, 3.8) is 0 Å². The molecule has 1 aliphatic heterocycles. The molecule has 0 aliphatic carbocycles. The molecule has 4 rings (SSSR count). The lowest BCUT2D eigenvalue weighted by Crippen LogP contribution is -2.29. The molecular weight excluding hydrogens is 420 g/mol. The summed E-state index contributed by atoms with van der Waals surface area (Å²) in [6.07, 6.45) is 5.05. The third-order valence-corrected chi connectivity index (χ3v) is 7.51. The molecule has 3 aromatic rings. The predicted octanol–water partition coefficient (Wildman–Crippen LogP) is 3.59. The number of fused-ring (bicyclic) bond motifs is 1. The van der Waals surface area contributed by atoms with Gasteiger partial charge in [0, 0.05) is 18.0 Å². The number of aromatic nitrogens is 6. The summed E-state index contributed by atoms with van der Waals surface area (Å²) in [6.45, 7) is 8.43. The molecule has 0 radical (unpaired) electrons. The zero-order valence-electron chi connectivity index (χ0n) is 17.8. The first kappa shape index (κ1) is 21.5. The summed E-state index contributed by atoms with van der Waals surface area (Å²) < 4.78 is 9.49. The van der Waals surface area contributed by atoms with Crippen LogP contribution in [0.15, 0.2) is 9.95 Å². The summed E-state index contributed by atoms with van der Waals surface area (Å²) in [7, 11) is 0. The predicted molar refractivity (Wildman–Crippen MR) is 119 cm³/mol. The van der Waals surface area contributed by atoms with Crippen LogP contribution < -0.4 is 5.56 Å². The van der Waals surface area contributed by atoms with Gasteiger partial charge in [0.05, 0.1) is 23.8 Å². The highest BCUT2D eigenvalue weighted by Crippen LogP contribution is 2.30. The number of ether oxygens (including phenoxy) is 1. The first-order valence-corrected chi connectivity index (χ1v) is 12.4. The molecule has 1 aliphatic rings. The van der Waals surface area contributed by atoms with Crippen LogP contribution >= 0.6 is 23.1 Å². The molecule has 162 valence electrons. The number of thioether (sulfide) groups is 1. The maximum atomic E-state index is 13.5. The van der Waals surface area contributed by atoms with Crippen LogP contribution in [0.25, 0.3) is 10.2 Å². The zero-order chi connectivity index (χ0) is 21.1. The van der Waals surface area contributed by atoms with Crippen molar-refractivity contribution in [2.45, 2.75) is 83.0 Å². The SMILES string of the molecule is CCCCn1nnnc1CSc1nc2sc(C)c(CC)c2c(=O)n1CC1CCCO1. The summed E-state index contributed by atoms with van der Waals surface area (Å²) in [4.78, 5) is 20.4. The summed E-state index contributed by atoms with van der Waals surface area (Å²) in [5, 5.41) is 13.6. The van der Waals surface area contributed by atoms with Crippen molar-refractivity contribution in [3.05, 3.63) is 26.6 Å². The van der Waals surface area contributed by atoms with Gasteiger partial charge in [-0.15, -0.1) is 16.4 Å². The van der Waals surface area contributed by atoms with Crippen LogP contribution in [0.2, 0.25) is 0 Å². The molecule has 0 amide bonds. The number of hydrogen-bond acceptors (Lipinski definition) is 8. The Morgan fingerprint density at radius 2 is 2.20 bits per heavy atom. The van der Waals surface area contributed by atoms with Crippen LogP contribution in [0, 0.1) is 6.92 Å². The minimum absolute atomic E-state index is 0.0461. The second-order valence-electron chi connectivity index (χ2n) is 7.58. The molecule has 1 unspecified atom stereocenters. The maximum absolute atomic E-state index is 13.5. The number of hydrogen-bond donors (Lipinski definition) is 0. The quantitative estimate of drug-likeness (QED) is 0.365. The summed E-state index contributed by atoms with van der Waals surface area (Å²) in [6, 6.07) is 0. The molecular formula is C20H28N6O2S2. The summed E-state index contributed by atoms with van der Waals surface area (Å²) in [5.41, 5.74) is 1.17. The average Bonchev–Trinajstić information content (AvgIpc) is 3.47. The average molecular weight is 449 g/mol. The van der Waals surface area contributed by atoms with Crippen LogP contribution in [0.4, 0.5) is 0 Å². The molecule has 1 atom stereocenters. The molecule has 10 heteroatoms. The Kier molecular flexibility index (Phi) is 6.84. The zero-order valence-corrected chi connectivity index (χ0v) is 19.4. The van der Waals surface area contributed by atoms with E-state index in [0.717, 1.165) is 72.0 Å². The van der Waals surface area contributed by atoms with Crippen LogP contribution in [-0.4, -0.2) is 42.5 Å². The second kappa shape index (κ2) is 9.57. The number of rotatable bonds is 9. The second-order valence-corrected chi connectivity index (χ2v) is 9.72. The lowest BCUT2D eigenvalue weighted by atomic mass is 10.1. The van der Waals surface area contributed by atoms with Crippen molar-refractivity contribution in [1.82, 2.24) is 29.8 Å². The van der Waals surface area contributed by atoms with E-state index in [2.05, 4.69) is 36.3 Å². The largest absolute Gasteiger partial charge is 0.376 e. The van der Waals surface area contributed by atoms with Crippen molar-refractivity contribution in [2.75, 3.05) is 6.61 Å². The lowest BCUT2D eigenvalue weighted by molar-refractivity contribution is 0.0937. The van der Waals surface area contributed by atoms with Crippen LogP contribution in [0.5, 0.6) is 0 Å². The van der Waals surface area contributed by atoms with E-state index < -0.39 is 0 Å². The van der Waals surface area contributed by atoms with Crippen molar-refractivity contribution in [3.8, 4) is 0 Å². The highest BCUT2D eigenvalue weighted by Gasteiger charge is 2.23. The Bertz CT molecular complexity index is 1070. The van der Waals surface area contributed by atoms with E-state index >= 15 is 0 Å². The van der Waals surface area contributed by atoms with Gasteiger partial charge in [0.25, 0.3) is 5.56 Å². The number of aryl methyl sites for hydroxylation is 3. The van der Waals surface area contributed by atoms with Crippen molar-refractivity contribution in [2.24, 2.45) is 0 Å². The number of tetrazole rings is 1. The first-order valence-electron chi connectivity index (χ1n) is 10.6. The molecule has 1 fully saturated rings. The van der Waals surface area contributed by atoms with E-state index in [4.69, 9.17) is 9.72 Å². The highest BCUT2D eigenvalue weighted by atomic mass is 32.2. The third kappa shape index (κ3) is 4.31. The van der Waals surface area contributed by atoms with E-state index in [0.29, 0.717) is 12.3 Å². The fourth-order valence-electron chi connectivity index (χ4n) is 3.86. The van der Waals surface area contributed by atoms with Gasteiger partial charge in [-0.2, -0.15) is 0 Å². The fourth-order valence-corrected chi connectivity index (χ4v) is 5.95. The van der Waals surface area contributed by atoms with Crippen molar-refractivity contribution in [1.29, 1.82) is 0 Å². The smallest absolute Gasteiger partial charge is 0.263 e. The molecule has 30 heavy (non-hydrogen) atoms. The van der Waals surface area contributed by atoms with Gasteiger partial charge in [-0.25, -0.2) is 9.67 Å². The van der Waals surface area contributed by atoms with Gasteiger partial charge < -0.3 is 4.74 Å². The normalized spacial score (nSPS) is 16.7. The monoisotopic (exact) mass is 448 g/mol. The van der Waals surface area contributed by atoms with E-state index in [-0.39, 0.29) is 11.7 Å². The van der Waals surface area contributed by atoms with Gasteiger partial charge in [0.1, 0.15) is 4.83 Å². The van der Waals surface area contributed by atoms with Crippen LogP contribution in [0.1, 0.15) is 55.8 Å². The number of unbranched alkanes of at least 4 members (excludes halogenated alkanes) is 1. The van der Waals surface area contributed by atoms with Gasteiger partial charge >= 0.3 is 0 Å². The Balaban J connectivity index is 1.68. The molecule has 1 saturated heterocycles. The summed E-state index contributed by atoms with van der Waals surface area (Å²) in [5.74, 6) is 1.38. The Hall–Kier alpha value is -1.78. The van der Waals surface area contributed by atoms with Gasteiger partial charge in [0.2, 0.25) is 0 Å². The van der Waals surface area contributed by atoms with Crippen molar-refractivity contribution >= 4 is 33.3 Å². The molecule has 3 aromatic heterocycles. The van der Waals surface area contributed by atoms with Crippen LogP contribution in [0.3, 0.4) is 0 Å². The van der Waals surface area contributed by atoms with Gasteiger partial charge in [-0.3, -0.25) is 9.36 Å². The Morgan fingerprint density at radius 1 is 1.33 bits per heavy atom. The highest BCUT2D eigenvalue weighted by molar-refractivity contribution is 7.98. The topological polar surface area (TPSA) is 87.7 Å². The van der Waals surface area contributed by atoms with E-state index in [1.165, 1.54) is 16.6 Å². The van der Waals surface area contributed by atoms with Gasteiger partial charge in [-0.1, -0.05) is 32.0 Å². The maximum Gasteiger partial charge on any atom is 0.263 e. The van der Waals surface area contributed by atoms with Crippen LogP contribution in [-0.2, 0) is 30.0 Å². The Morgan fingerprint density at radius 3 is 2.93 bits per heavy atom. The van der Waals surface area contributed by atoms with Gasteiger partial charge in [0.15, 0.2) is 11.0 Å². The standard InChI is InChI=1S/C20H28N6O2S2/c1-4-6-9-26-16(22-23-24-26)12-29-20-21-18-17(15(5-2)13(3)30-18)19(27)25(20)11-14-8-7-10-28-14/h14H,4-12H2,1-3H3. The molecule has 0 aromatic carbocycles. The Labute approximate surface area is 184 Å². The minimum Gasteiger partial charge on any atom is -0.376 e. The number of nitrogens with zero attached hydrogens (tertiary/aromatic N) is 6. The van der Waals surface area contributed by atoms with Crippen molar-refractivity contribution < 1.29 is 4.74 Å². The molecule has 0 saturated carbocycles. The molecule has 0 N–H and O–H groups in total. The molecule has 0 bridgehead atoms. The molecule has 8 nitrogen and oxygen atoms in total. The first-order chi connectivity index (χ1) is 14.6. The number of thiophene rings is 1. The van der Waals surface area contributed by atoms with E-state index in [1.54, 1.807) is 11.3 Å². The molecule has 0 spiro atoms. The summed E-state index contributed by atoms with van der Waals surface area (Å²) >= 11 is 3.13. The lowest BCUT2D eigenvalue weighted by Gasteiger charge is -2.16.